The number of hydrogen-bond acceptors (Lipinski definition) is 4. The second-order valence-corrected chi connectivity index (χ2v) is 5.29. The van der Waals surface area contributed by atoms with Gasteiger partial charge < -0.3 is 20.1 Å². The molecule has 1 atom stereocenters. The maximum absolute atomic E-state index is 12.2. The maximum atomic E-state index is 12.2. The van der Waals surface area contributed by atoms with E-state index in [1.807, 2.05) is 6.92 Å². The van der Waals surface area contributed by atoms with Gasteiger partial charge in [0, 0.05) is 18.1 Å². The first-order valence-corrected chi connectivity index (χ1v) is 6.87. The van der Waals surface area contributed by atoms with Gasteiger partial charge in [0.15, 0.2) is 0 Å². The Labute approximate surface area is 135 Å². The average molecular weight is 335 g/mol. The Morgan fingerprint density at radius 3 is 2.43 bits per heavy atom. The number of carbonyl (C=O) groups excluding carboxylic acids is 1. The lowest BCUT2D eigenvalue weighted by molar-refractivity contribution is -0.121. The minimum absolute atomic E-state index is 0. The molecule has 1 aliphatic heterocycles. The largest absolute Gasteiger partial charge is 0.495 e. The molecular weight excluding hydrogens is 315 g/mol. The number of hydrogen-bond donors (Lipinski definition) is 2. The topological polar surface area (TPSA) is 59.6 Å². The molecule has 2 N–H and O–H groups in total. The van der Waals surface area contributed by atoms with E-state index in [0.717, 1.165) is 13.1 Å². The summed E-state index contributed by atoms with van der Waals surface area (Å²) in [5, 5.41) is 6.49. The standard InChI is InChI=1S/C14H19ClN2O3.ClH/c1-8(9-6-16-7-9)14(18)17-11-5-12(19-2)10(15)4-13(11)20-3;/h4-5,8-9,16H,6-7H2,1-3H3,(H,17,18);1H. The quantitative estimate of drug-likeness (QED) is 0.868. The van der Waals surface area contributed by atoms with Crippen molar-refractivity contribution in [2.45, 2.75) is 6.92 Å². The number of anilines is 1. The monoisotopic (exact) mass is 334 g/mol. The van der Waals surface area contributed by atoms with Crippen LogP contribution >= 0.6 is 24.0 Å². The van der Waals surface area contributed by atoms with E-state index < -0.39 is 0 Å². The van der Waals surface area contributed by atoms with E-state index in [9.17, 15) is 4.79 Å². The van der Waals surface area contributed by atoms with E-state index in [-0.39, 0.29) is 24.2 Å². The van der Waals surface area contributed by atoms with Crippen LogP contribution in [0.1, 0.15) is 6.92 Å². The van der Waals surface area contributed by atoms with Crippen LogP contribution in [0.3, 0.4) is 0 Å². The minimum atomic E-state index is -0.0531. The van der Waals surface area contributed by atoms with Crippen molar-refractivity contribution < 1.29 is 14.3 Å². The summed E-state index contributed by atoms with van der Waals surface area (Å²) >= 11 is 6.04. The van der Waals surface area contributed by atoms with Gasteiger partial charge in [0.25, 0.3) is 0 Å². The van der Waals surface area contributed by atoms with Crippen LogP contribution in [0.15, 0.2) is 12.1 Å². The third kappa shape index (κ3) is 3.93. The summed E-state index contributed by atoms with van der Waals surface area (Å²) in [5.74, 6) is 1.32. The fourth-order valence-electron chi connectivity index (χ4n) is 2.08. The lowest BCUT2D eigenvalue weighted by Crippen LogP contribution is -2.48. The zero-order valence-electron chi connectivity index (χ0n) is 12.2. The summed E-state index contributed by atoms with van der Waals surface area (Å²) in [6.45, 7) is 3.70. The highest BCUT2D eigenvalue weighted by atomic mass is 35.5. The zero-order valence-corrected chi connectivity index (χ0v) is 13.8. The van der Waals surface area contributed by atoms with Gasteiger partial charge in [-0.05, 0) is 19.0 Å². The third-order valence-corrected chi connectivity index (χ3v) is 3.96. The van der Waals surface area contributed by atoms with Gasteiger partial charge in [-0.2, -0.15) is 0 Å². The van der Waals surface area contributed by atoms with E-state index in [2.05, 4.69) is 10.6 Å². The predicted octanol–water partition coefficient (Wildman–Crippen LogP) is 2.57. The maximum Gasteiger partial charge on any atom is 0.227 e. The molecule has 0 bridgehead atoms. The smallest absolute Gasteiger partial charge is 0.227 e. The minimum Gasteiger partial charge on any atom is -0.495 e. The molecule has 0 radical (unpaired) electrons. The van der Waals surface area contributed by atoms with Crippen molar-refractivity contribution in [2.75, 3.05) is 32.6 Å². The number of halogens is 2. The van der Waals surface area contributed by atoms with Crippen LogP contribution in [0.25, 0.3) is 0 Å². The summed E-state index contributed by atoms with van der Waals surface area (Å²) in [6.07, 6.45) is 0. The van der Waals surface area contributed by atoms with E-state index >= 15 is 0 Å². The van der Waals surface area contributed by atoms with Crippen molar-refractivity contribution in [1.29, 1.82) is 0 Å². The Hall–Kier alpha value is -1.17. The molecule has 1 aromatic carbocycles. The van der Waals surface area contributed by atoms with Crippen molar-refractivity contribution in [3.63, 3.8) is 0 Å². The van der Waals surface area contributed by atoms with Crippen molar-refractivity contribution in [3.05, 3.63) is 17.2 Å². The summed E-state index contributed by atoms with van der Waals surface area (Å²) in [6, 6.07) is 3.30. The van der Waals surface area contributed by atoms with Gasteiger partial charge in [-0.3, -0.25) is 4.79 Å². The lowest BCUT2D eigenvalue weighted by atomic mass is 9.88. The number of rotatable bonds is 5. The van der Waals surface area contributed by atoms with Crippen LogP contribution in [-0.2, 0) is 4.79 Å². The second-order valence-electron chi connectivity index (χ2n) is 4.88. The molecule has 0 spiro atoms. The predicted molar refractivity (Wildman–Crippen MR) is 86.0 cm³/mol. The summed E-state index contributed by atoms with van der Waals surface area (Å²) in [4.78, 5) is 12.2. The van der Waals surface area contributed by atoms with E-state index in [1.54, 1.807) is 12.1 Å². The molecule has 118 valence electrons. The summed E-state index contributed by atoms with van der Waals surface area (Å²) < 4.78 is 10.4. The first kappa shape index (κ1) is 17.9. The van der Waals surface area contributed by atoms with Gasteiger partial charge in [0.1, 0.15) is 11.5 Å². The highest BCUT2D eigenvalue weighted by Crippen LogP contribution is 2.36. The Morgan fingerprint density at radius 1 is 1.33 bits per heavy atom. The van der Waals surface area contributed by atoms with Crippen LogP contribution in [-0.4, -0.2) is 33.2 Å². The molecule has 2 rings (SSSR count). The van der Waals surface area contributed by atoms with Crippen LogP contribution in [0.4, 0.5) is 5.69 Å². The van der Waals surface area contributed by atoms with E-state index in [4.69, 9.17) is 21.1 Å². The number of benzene rings is 1. The van der Waals surface area contributed by atoms with Crippen molar-refractivity contribution in [3.8, 4) is 11.5 Å². The molecule has 1 aromatic rings. The van der Waals surface area contributed by atoms with Gasteiger partial charge in [-0.15, -0.1) is 12.4 Å². The van der Waals surface area contributed by atoms with Crippen molar-refractivity contribution >= 4 is 35.6 Å². The van der Waals surface area contributed by atoms with Crippen LogP contribution in [0, 0.1) is 11.8 Å². The zero-order chi connectivity index (χ0) is 14.7. The third-order valence-electron chi connectivity index (χ3n) is 3.67. The molecule has 1 aliphatic rings. The lowest BCUT2D eigenvalue weighted by Gasteiger charge is -2.31. The fraction of sp³-hybridized carbons (Fsp3) is 0.500. The molecule has 21 heavy (non-hydrogen) atoms. The molecule has 7 heteroatoms. The normalized spacial score (nSPS) is 15.4. The molecule has 1 amide bonds. The molecule has 1 fully saturated rings. The first-order chi connectivity index (χ1) is 9.56. The molecular formula is C14H20Cl2N2O3. The molecule has 0 saturated carbocycles. The first-order valence-electron chi connectivity index (χ1n) is 6.50. The van der Waals surface area contributed by atoms with Crippen LogP contribution in [0.5, 0.6) is 11.5 Å². The molecule has 1 saturated heterocycles. The number of ether oxygens (including phenoxy) is 2. The SMILES string of the molecule is COc1cc(NC(=O)C(C)C2CNC2)c(OC)cc1Cl.Cl. The fourth-order valence-corrected chi connectivity index (χ4v) is 2.31. The Morgan fingerprint density at radius 2 is 1.95 bits per heavy atom. The van der Waals surface area contributed by atoms with Gasteiger partial charge in [-0.25, -0.2) is 0 Å². The summed E-state index contributed by atoms with van der Waals surface area (Å²) in [7, 11) is 3.06. The average Bonchev–Trinajstić information content (AvgIpc) is 2.38. The van der Waals surface area contributed by atoms with E-state index in [1.165, 1.54) is 14.2 Å². The van der Waals surface area contributed by atoms with Gasteiger partial charge in [0.05, 0.1) is 24.9 Å². The number of carbonyl (C=O) groups is 1. The van der Waals surface area contributed by atoms with Crippen molar-refractivity contribution in [2.24, 2.45) is 11.8 Å². The Balaban J connectivity index is 0.00000220. The van der Waals surface area contributed by atoms with Crippen LogP contribution in [0.2, 0.25) is 5.02 Å². The highest BCUT2D eigenvalue weighted by molar-refractivity contribution is 6.32. The highest BCUT2D eigenvalue weighted by Gasteiger charge is 2.29. The summed E-state index contributed by atoms with van der Waals surface area (Å²) in [5.41, 5.74) is 0.567. The Bertz CT molecular complexity index is 507. The number of nitrogens with one attached hydrogen (secondary N) is 2. The molecule has 5 nitrogen and oxygen atoms in total. The number of amides is 1. The second kappa shape index (κ2) is 7.73. The molecule has 1 heterocycles. The van der Waals surface area contributed by atoms with E-state index in [0.29, 0.717) is 28.1 Å². The van der Waals surface area contributed by atoms with Gasteiger partial charge in [-0.1, -0.05) is 18.5 Å². The van der Waals surface area contributed by atoms with Crippen molar-refractivity contribution in [1.82, 2.24) is 5.32 Å². The van der Waals surface area contributed by atoms with Gasteiger partial charge >= 0.3 is 0 Å². The molecule has 1 unspecified atom stereocenters. The number of methoxy groups -OCH3 is 2. The van der Waals surface area contributed by atoms with Crippen LogP contribution < -0.4 is 20.1 Å². The molecule has 0 aromatic heterocycles. The molecule has 0 aliphatic carbocycles. The Kier molecular flexibility index (Phi) is 6.58. The van der Waals surface area contributed by atoms with Gasteiger partial charge in [0.2, 0.25) is 5.91 Å².